The largest absolute Gasteiger partial charge is 0.476 e. The van der Waals surface area contributed by atoms with Crippen LogP contribution in [0.3, 0.4) is 0 Å². The van der Waals surface area contributed by atoms with Gasteiger partial charge in [0, 0.05) is 5.39 Å². The predicted octanol–water partition coefficient (Wildman–Crippen LogP) is 3.25. The van der Waals surface area contributed by atoms with E-state index in [1.165, 1.54) is 24.7 Å². The number of aliphatic hydroxyl groups is 2. The number of anilines is 1. The second-order valence-electron chi connectivity index (χ2n) is 11.6. The lowest BCUT2D eigenvalue weighted by Crippen LogP contribution is -2.44. The minimum absolute atomic E-state index is 0.0748. The highest BCUT2D eigenvalue weighted by atomic mass is 31.2. The number of rotatable bonds is 2. The Morgan fingerprint density at radius 3 is 2.63 bits per heavy atom. The van der Waals surface area contributed by atoms with Crippen LogP contribution in [0.4, 0.5) is 5.95 Å². The Bertz CT molecular complexity index is 1760. The van der Waals surface area contributed by atoms with Gasteiger partial charge in [-0.25, -0.2) is 9.55 Å². The average Bonchev–Trinajstić information content (AvgIpc) is 3.54. The normalized spacial score (nSPS) is 30.0. The van der Waals surface area contributed by atoms with Gasteiger partial charge in [0.15, 0.2) is 17.4 Å². The van der Waals surface area contributed by atoms with Gasteiger partial charge >= 0.3 is 13.7 Å². The Morgan fingerprint density at radius 1 is 1.09 bits per heavy atom. The fourth-order valence-electron chi connectivity index (χ4n) is 5.54. The van der Waals surface area contributed by atoms with Crippen LogP contribution in [-0.4, -0.2) is 79.4 Å². The number of ether oxygens (including phenoxy) is 3. The molecule has 2 aromatic heterocycles. The molecular formula is C30H37N6O9P. The third-order valence-corrected chi connectivity index (χ3v) is 9.65. The summed E-state index contributed by atoms with van der Waals surface area (Å²) in [5, 5.41) is 26.8. The molecule has 6 bridgehead atoms. The van der Waals surface area contributed by atoms with Crippen molar-refractivity contribution < 1.29 is 42.8 Å². The summed E-state index contributed by atoms with van der Waals surface area (Å²) in [6.45, 7) is 2.88. The van der Waals surface area contributed by atoms with Crippen molar-refractivity contribution in [2.75, 3.05) is 25.6 Å². The molecule has 0 spiro atoms. The smallest absolute Gasteiger partial charge is 0.459 e. The van der Waals surface area contributed by atoms with Crippen molar-refractivity contribution in [3.05, 3.63) is 48.8 Å². The Morgan fingerprint density at radius 2 is 1.83 bits per heavy atom. The van der Waals surface area contributed by atoms with Gasteiger partial charge in [-0.1, -0.05) is 36.4 Å². The van der Waals surface area contributed by atoms with Crippen LogP contribution in [0.15, 0.2) is 48.8 Å². The number of nitrogens with one attached hydrogen (secondary N) is 1. The standard InChI is InChI=1S/C30H37N6O9P/c1-18-27(38)42-15-8-4-3-7-14-41-26-23-25(33-29(31)34-26)36(17-32-23)28-30(2,39)24(37)22(44-28)16-43-46(40,35-18)45-21-13-9-11-19-10-5-6-12-20(19)21/h5-6,9-13,17-18,22,24,28,37,39H,3-4,7-8,14-16H2,1-2H3,(H,35,40)(H2,31,33,34)/t18-,22?,24+,28?,30+,46?/m0/s1. The van der Waals surface area contributed by atoms with E-state index in [1.54, 1.807) is 18.2 Å². The zero-order chi connectivity index (χ0) is 32.5. The summed E-state index contributed by atoms with van der Waals surface area (Å²) in [5.41, 5.74) is 4.63. The van der Waals surface area contributed by atoms with Gasteiger partial charge < -0.3 is 34.7 Å². The van der Waals surface area contributed by atoms with E-state index in [9.17, 15) is 19.6 Å². The molecule has 4 aromatic rings. The summed E-state index contributed by atoms with van der Waals surface area (Å²) in [7, 11) is -4.35. The number of hydrogen-bond donors (Lipinski definition) is 4. The van der Waals surface area contributed by atoms with Crippen LogP contribution in [0.25, 0.3) is 21.9 Å². The first-order chi connectivity index (χ1) is 22.1. The van der Waals surface area contributed by atoms with Crippen LogP contribution in [0.1, 0.15) is 45.8 Å². The number of nitrogen functional groups attached to an aromatic ring is 1. The van der Waals surface area contributed by atoms with Crippen molar-refractivity contribution in [1.29, 1.82) is 0 Å². The Balaban J connectivity index is 1.33. The third-order valence-electron chi connectivity index (χ3n) is 8.02. The van der Waals surface area contributed by atoms with Gasteiger partial charge in [0.1, 0.15) is 29.6 Å². The molecule has 0 radical (unpaired) electrons. The van der Waals surface area contributed by atoms with Gasteiger partial charge in [-0.05, 0) is 51.0 Å². The minimum Gasteiger partial charge on any atom is -0.476 e. The van der Waals surface area contributed by atoms with Crippen molar-refractivity contribution in [2.24, 2.45) is 0 Å². The van der Waals surface area contributed by atoms with Crippen LogP contribution >= 0.6 is 7.75 Å². The molecule has 0 aliphatic carbocycles. The van der Waals surface area contributed by atoms with Gasteiger partial charge in [0.2, 0.25) is 11.8 Å². The second kappa shape index (κ2) is 13.1. The van der Waals surface area contributed by atoms with Gasteiger partial charge in [-0.15, -0.1) is 0 Å². The molecule has 46 heavy (non-hydrogen) atoms. The number of benzene rings is 2. The number of aliphatic hydroxyl groups excluding tert-OH is 1. The predicted molar refractivity (Wildman–Crippen MR) is 166 cm³/mol. The average molecular weight is 657 g/mol. The van der Waals surface area contributed by atoms with E-state index in [0.717, 1.165) is 18.2 Å². The van der Waals surface area contributed by atoms with E-state index in [1.807, 2.05) is 24.3 Å². The fourth-order valence-corrected chi connectivity index (χ4v) is 7.06. The monoisotopic (exact) mass is 656 g/mol. The number of nitrogens with zero attached hydrogens (tertiary/aromatic N) is 4. The van der Waals surface area contributed by atoms with E-state index in [0.29, 0.717) is 30.4 Å². The quantitative estimate of drug-likeness (QED) is 0.181. The van der Waals surface area contributed by atoms with E-state index >= 15 is 0 Å². The Hall–Kier alpha value is -3.85. The van der Waals surface area contributed by atoms with Crippen LogP contribution in [-0.2, 0) is 23.4 Å². The molecule has 16 heteroatoms. The van der Waals surface area contributed by atoms with Crippen molar-refractivity contribution in [3.8, 4) is 11.6 Å². The molecule has 6 rings (SSSR count). The third kappa shape index (κ3) is 6.52. The highest BCUT2D eigenvalue weighted by Gasteiger charge is 2.54. The number of aromatic nitrogens is 4. The lowest BCUT2D eigenvalue weighted by molar-refractivity contribution is -0.145. The number of hydrogen-bond acceptors (Lipinski definition) is 13. The van der Waals surface area contributed by atoms with Crippen molar-refractivity contribution in [2.45, 2.75) is 69.6 Å². The molecule has 2 aliphatic rings. The summed E-state index contributed by atoms with van der Waals surface area (Å²) in [5.74, 6) is -0.294. The summed E-state index contributed by atoms with van der Waals surface area (Å²) in [6.07, 6.45) is 0.339. The molecule has 4 heterocycles. The SMILES string of the molecule is C[C@@H]1NP(=O)(Oc2cccc3ccccc23)OCC2OC(n3cnc4c(nc(N)nc43)OCCCCCCOC1=O)[C@](C)(O)[C@@H]2O. The molecular weight excluding hydrogens is 619 g/mol. The van der Waals surface area contributed by atoms with Crippen LogP contribution in [0.5, 0.6) is 11.6 Å². The van der Waals surface area contributed by atoms with Crippen LogP contribution < -0.4 is 20.1 Å². The first-order valence-electron chi connectivity index (χ1n) is 15.1. The molecule has 5 N–H and O–H groups in total. The number of nitrogens with two attached hydrogens (primary N) is 1. The molecule has 3 unspecified atom stereocenters. The highest BCUT2D eigenvalue weighted by Crippen LogP contribution is 2.48. The van der Waals surface area contributed by atoms with Gasteiger partial charge in [-0.2, -0.15) is 15.1 Å². The van der Waals surface area contributed by atoms with Crippen molar-refractivity contribution >= 4 is 41.6 Å². The van der Waals surface area contributed by atoms with E-state index < -0.39 is 50.4 Å². The fraction of sp³-hybridized carbons (Fsp3) is 0.467. The van der Waals surface area contributed by atoms with Crippen LogP contribution in [0, 0.1) is 0 Å². The van der Waals surface area contributed by atoms with Gasteiger partial charge in [0.05, 0.1) is 26.1 Å². The van der Waals surface area contributed by atoms with E-state index in [4.69, 9.17) is 29.0 Å². The molecule has 246 valence electrons. The minimum atomic E-state index is -4.35. The number of cyclic esters (lactones) is 1. The van der Waals surface area contributed by atoms with E-state index in [2.05, 4.69) is 20.0 Å². The Kier molecular flexibility index (Phi) is 9.15. The van der Waals surface area contributed by atoms with E-state index in [-0.39, 0.29) is 29.8 Å². The zero-order valence-corrected chi connectivity index (χ0v) is 26.3. The summed E-state index contributed by atoms with van der Waals surface area (Å²) in [6, 6.07) is 11.5. The number of imidazole rings is 1. The molecule has 1 saturated heterocycles. The maximum absolute atomic E-state index is 14.3. The lowest BCUT2D eigenvalue weighted by atomic mass is 9.96. The summed E-state index contributed by atoms with van der Waals surface area (Å²) < 4.78 is 45.0. The van der Waals surface area contributed by atoms with Gasteiger partial charge in [-0.3, -0.25) is 13.9 Å². The van der Waals surface area contributed by atoms with Crippen molar-refractivity contribution in [1.82, 2.24) is 24.6 Å². The molecule has 6 atom stereocenters. The first kappa shape index (κ1) is 32.1. The second-order valence-corrected chi connectivity index (χ2v) is 13.2. The molecule has 2 aliphatic heterocycles. The summed E-state index contributed by atoms with van der Waals surface area (Å²) in [4.78, 5) is 25.7. The van der Waals surface area contributed by atoms with Crippen molar-refractivity contribution in [3.63, 3.8) is 0 Å². The molecule has 15 nitrogen and oxygen atoms in total. The number of carbonyl (C=O) groups is 1. The number of fused-ring (bicyclic) bond motifs is 4. The molecule has 0 amide bonds. The maximum Gasteiger partial charge on any atom is 0.459 e. The Labute approximate surface area is 264 Å². The van der Waals surface area contributed by atoms with Gasteiger partial charge in [0.25, 0.3) is 0 Å². The number of carbonyl (C=O) groups excluding carboxylic acids is 1. The summed E-state index contributed by atoms with van der Waals surface area (Å²) >= 11 is 0. The molecule has 2 aromatic carbocycles. The number of esters is 1. The highest BCUT2D eigenvalue weighted by molar-refractivity contribution is 7.52. The first-order valence-corrected chi connectivity index (χ1v) is 16.6. The molecule has 1 fully saturated rings. The van der Waals surface area contributed by atoms with Crippen LogP contribution in [0.2, 0.25) is 0 Å². The topological polar surface area (TPSA) is 202 Å². The lowest BCUT2D eigenvalue weighted by Gasteiger charge is -2.27. The zero-order valence-electron chi connectivity index (χ0n) is 25.4. The molecule has 0 saturated carbocycles. The maximum atomic E-state index is 14.3.